The van der Waals surface area contributed by atoms with Gasteiger partial charge in [-0.3, -0.25) is 9.78 Å². The maximum Gasteiger partial charge on any atom is 0.306 e. The molecule has 0 saturated carbocycles. The largest absolute Gasteiger partial charge is 0.481 e. The van der Waals surface area contributed by atoms with Gasteiger partial charge in [-0.15, -0.1) is 0 Å². The van der Waals surface area contributed by atoms with Crippen molar-refractivity contribution in [1.82, 2.24) is 13.6 Å². The lowest BCUT2D eigenvalue weighted by atomic mass is 9.99. The zero-order valence-electron chi connectivity index (χ0n) is 11.8. The fourth-order valence-electron chi connectivity index (χ4n) is 2.36. The quantitative estimate of drug-likeness (QED) is 0.857. The number of carboxylic acids is 1. The van der Waals surface area contributed by atoms with E-state index >= 15 is 0 Å². The lowest BCUT2D eigenvalue weighted by molar-refractivity contribution is -0.142. The van der Waals surface area contributed by atoms with Gasteiger partial charge in [0.15, 0.2) is 0 Å². The van der Waals surface area contributed by atoms with Gasteiger partial charge in [0.25, 0.3) is 10.2 Å². The van der Waals surface area contributed by atoms with Crippen LogP contribution in [0.2, 0.25) is 0 Å². The molecule has 1 aliphatic heterocycles. The first-order valence-corrected chi connectivity index (χ1v) is 8.14. The molecular weight excluding hydrogens is 294 g/mol. The minimum atomic E-state index is -3.56. The summed E-state index contributed by atoms with van der Waals surface area (Å²) in [6.45, 7) is 0.768. The smallest absolute Gasteiger partial charge is 0.306 e. The fourth-order valence-corrected chi connectivity index (χ4v) is 3.74. The van der Waals surface area contributed by atoms with Crippen LogP contribution in [0.25, 0.3) is 0 Å². The number of hydrogen-bond donors (Lipinski definition) is 1. The highest BCUT2D eigenvalue weighted by Gasteiger charge is 2.33. The summed E-state index contributed by atoms with van der Waals surface area (Å²) in [5, 5.41) is 8.95. The molecule has 116 valence electrons. The van der Waals surface area contributed by atoms with E-state index in [-0.39, 0.29) is 19.6 Å². The van der Waals surface area contributed by atoms with Crippen molar-refractivity contribution < 1.29 is 18.3 Å². The van der Waals surface area contributed by atoms with Crippen LogP contribution < -0.4 is 0 Å². The molecule has 0 atom stereocenters. The molecule has 1 saturated heterocycles. The van der Waals surface area contributed by atoms with Crippen LogP contribution >= 0.6 is 0 Å². The second kappa shape index (κ2) is 6.50. The summed E-state index contributed by atoms with van der Waals surface area (Å²) in [4.78, 5) is 14.8. The molecular formula is C13H19N3O4S. The molecule has 7 nitrogen and oxygen atoms in total. The van der Waals surface area contributed by atoms with Crippen molar-refractivity contribution in [3.05, 3.63) is 30.1 Å². The average Bonchev–Trinajstić information content (AvgIpc) is 2.48. The summed E-state index contributed by atoms with van der Waals surface area (Å²) in [6, 6.07) is 3.53. The Bertz CT molecular complexity index is 583. The van der Waals surface area contributed by atoms with Gasteiger partial charge >= 0.3 is 5.97 Å². The molecule has 1 N–H and O–H groups in total. The van der Waals surface area contributed by atoms with Crippen LogP contribution in [0.3, 0.4) is 0 Å². The van der Waals surface area contributed by atoms with Crippen molar-refractivity contribution in [2.75, 3.05) is 20.1 Å². The molecule has 2 rings (SSSR count). The number of aromatic nitrogens is 1. The van der Waals surface area contributed by atoms with E-state index in [1.165, 1.54) is 15.7 Å². The summed E-state index contributed by atoms with van der Waals surface area (Å²) >= 11 is 0. The van der Waals surface area contributed by atoms with Crippen molar-refractivity contribution in [3.63, 3.8) is 0 Å². The first-order valence-electron chi connectivity index (χ1n) is 6.74. The maximum absolute atomic E-state index is 12.5. The van der Waals surface area contributed by atoms with Gasteiger partial charge in [-0.05, 0) is 30.5 Å². The Morgan fingerprint density at radius 2 is 1.95 bits per heavy atom. The van der Waals surface area contributed by atoms with Crippen molar-refractivity contribution in [2.24, 2.45) is 5.92 Å². The number of pyridine rings is 1. The van der Waals surface area contributed by atoms with Crippen LogP contribution in [0, 0.1) is 5.92 Å². The Hall–Kier alpha value is -1.51. The predicted molar refractivity (Wildman–Crippen MR) is 76.6 cm³/mol. The van der Waals surface area contributed by atoms with Crippen LogP contribution in [0.5, 0.6) is 0 Å². The molecule has 21 heavy (non-hydrogen) atoms. The van der Waals surface area contributed by atoms with Crippen molar-refractivity contribution in [3.8, 4) is 0 Å². The topological polar surface area (TPSA) is 90.8 Å². The van der Waals surface area contributed by atoms with Crippen LogP contribution in [0.4, 0.5) is 0 Å². The Kier molecular flexibility index (Phi) is 4.92. The van der Waals surface area contributed by atoms with Crippen LogP contribution in [-0.2, 0) is 21.5 Å². The number of nitrogens with zero attached hydrogens (tertiary/aromatic N) is 3. The molecule has 0 aliphatic carbocycles. The Labute approximate surface area is 124 Å². The SMILES string of the molecule is CN(Cc1ccncc1)S(=O)(=O)N1CCC(C(=O)O)CC1. The van der Waals surface area contributed by atoms with E-state index < -0.39 is 22.1 Å². The number of rotatable bonds is 5. The number of piperidine rings is 1. The van der Waals surface area contributed by atoms with Crippen molar-refractivity contribution in [2.45, 2.75) is 19.4 Å². The van der Waals surface area contributed by atoms with Crippen molar-refractivity contribution >= 4 is 16.2 Å². The lowest BCUT2D eigenvalue weighted by Gasteiger charge is -2.32. The normalized spacial score (nSPS) is 18.0. The minimum Gasteiger partial charge on any atom is -0.481 e. The number of carboxylic acid groups (broad SMARTS) is 1. The second-order valence-electron chi connectivity index (χ2n) is 5.13. The molecule has 0 bridgehead atoms. The molecule has 1 aliphatic rings. The van der Waals surface area contributed by atoms with Gasteiger partial charge in [0.1, 0.15) is 0 Å². The summed E-state index contributed by atoms with van der Waals surface area (Å²) in [5.41, 5.74) is 0.858. The van der Waals surface area contributed by atoms with Crippen molar-refractivity contribution in [1.29, 1.82) is 0 Å². The van der Waals surface area contributed by atoms with Gasteiger partial charge < -0.3 is 5.11 Å². The van der Waals surface area contributed by atoms with Gasteiger partial charge in [0.2, 0.25) is 0 Å². The fraction of sp³-hybridized carbons (Fsp3) is 0.538. The Balaban J connectivity index is 2.00. The molecule has 0 amide bonds. The summed E-state index contributed by atoms with van der Waals surface area (Å²) in [7, 11) is -2.03. The Morgan fingerprint density at radius 1 is 1.38 bits per heavy atom. The Morgan fingerprint density at radius 3 is 2.48 bits per heavy atom. The van der Waals surface area contributed by atoms with E-state index in [4.69, 9.17) is 5.11 Å². The van der Waals surface area contributed by atoms with Crippen LogP contribution in [0.15, 0.2) is 24.5 Å². The van der Waals surface area contributed by atoms with Crippen LogP contribution in [-0.4, -0.2) is 53.2 Å². The average molecular weight is 313 g/mol. The predicted octanol–water partition coefficient (Wildman–Crippen LogP) is 0.555. The molecule has 0 aromatic carbocycles. The van der Waals surface area contributed by atoms with E-state index in [0.717, 1.165) is 5.56 Å². The highest BCUT2D eigenvalue weighted by molar-refractivity contribution is 7.86. The number of carbonyl (C=O) groups is 1. The number of hydrogen-bond acceptors (Lipinski definition) is 4. The molecule has 1 aromatic rings. The second-order valence-corrected chi connectivity index (χ2v) is 7.17. The zero-order chi connectivity index (χ0) is 15.5. The van der Waals surface area contributed by atoms with E-state index in [9.17, 15) is 13.2 Å². The maximum atomic E-state index is 12.5. The zero-order valence-corrected chi connectivity index (χ0v) is 12.7. The van der Waals surface area contributed by atoms with Gasteiger partial charge in [-0.25, -0.2) is 0 Å². The first kappa shape index (κ1) is 15.9. The minimum absolute atomic E-state index is 0.250. The van der Waals surface area contributed by atoms with E-state index in [2.05, 4.69) is 4.98 Å². The van der Waals surface area contributed by atoms with E-state index in [0.29, 0.717) is 12.8 Å². The molecule has 1 aromatic heterocycles. The standard InChI is InChI=1S/C13H19N3O4S/c1-15(10-11-2-6-14-7-3-11)21(19,20)16-8-4-12(5-9-16)13(17)18/h2-3,6-7,12H,4-5,8-10H2,1H3,(H,17,18). The van der Waals surface area contributed by atoms with E-state index in [1.54, 1.807) is 24.5 Å². The lowest BCUT2D eigenvalue weighted by Crippen LogP contribution is -2.46. The molecule has 0 unspecified atom stereocenters. The van der Waals surface area contributed by atoms with Crippen LogP contribution in [0.1, 0.15) is 18.4 Å². The van der Waals surface area contributed by atoms with Gasteiger partial charge in [-0.1, -0.05) is 0 Å². The first-order chi connectivity index (χ1) is 9.91. The van der Waals surface area contributed by atoms with Gasteiger partial charge in [0, 0.05) is 39.1 Å². The summed E-state index contributed by atoms with van der Waals surface area (Å²) in [5.74, 6) is -1.29. The third-order valence-electron chi connectivity index (χ3n) is 3.68. The molecule has 8 heteroatoms. The molecule has 1 fully saturated rings. The summed E-state index contributed by atoms with van der Waals surface area (Å²) < 4.78 is 27.5. The monoisotopic (exact) mass is 313 g/mol. The third-order valence-corrected chi connectivity index (χ3v) is 5.61. The molecule has 2 heterocycles. The molecule has 0 radical (unpaired) electrons. The molecule has 0 spiro atoms. The highest BCUT2D eigenvalue weighted by Crippen LogP contribution is 2.21. The highest BCUT2D eigenvalue weighted by atomic mass is 32.2. The van der Waals surface area contributed by atoms with Gasteiger partial charge in [0.05, 0.1) is 5.92 Å². The van der Waals surface area contributed by atoms with E-state index in [1.807, 2.05) is 0 Å². The third kappa shape index (κ3) is 3.78. The van der Waals surface area contributed by atoms with Gasteiger partial charge in [-0.2, -0.15) is 17.0 Å². The number of aliphatic carboxylic acids is 1. The summed E-state index contributed by atoms with van der Waals surface area (Å²) in [6.07, 6.45) is 3.96.